The molecule has 0 heterocycles. The number of unbranched alkanes of at least 4 members (excludes halogenated alkanes) is 2. The van der Waals surface area contributed by atoms with Crippen LogP contribution in [0, 0.1) is 70.4 Å². The van der Waals surface area contributed by atoms with Gasteiger partial charge in [-0.2, -0.15) is 22.0 Å². The lowest BCUT2D eigenvalue weighted by Gasteiger charge is -2.20. The molecule has 0 aliphatic rings. The van der Waals surface area contributed by atoms with Gasteiger partial charge in [0.15, 0.2) is 0 Å². The predicted molar refractivity (Wildman–Crippen MR) is 176 cm³/mol. The molecule has 5 aromatic rings. The Hall–Kier alpha value is -5.93. The second kappa shape index (κ2) is 15.8. The van der Waals surface area contributed by atoms with E-state index in [1.807, 2.05) is 0 Å². The van der Waals surface area contributed by atoms with Gasteiger partial charge in [0.25, 0.3) is 0 Å². The Bertz CT molecular complexity index is 2370. The Morgan fingerprint density at radius 3 is 1.83 bits per heavy atom. The molecule has 0 saturated carbocycles. The summed E-state index contributed by atoms with van der Waals surface area (Å²) in [6.45, 7) is 2.07. The van der Waals surface area contributed by atoms with Crippen LogP contribution in [0.15, 0.2) is 72.8 Å². The van der Waals surface area contributed by atoms with E-state index < -0.39 is 80.4 Å². The molecule has 0 unspecified atom stereocenters. The van der Waals surface area contributed by atoms with Crippen LogP contribution in [0.2, 0.25) is 0 Å². The number of hydrogen-bond donors (Lipinski definition) is 0. The average molecular weight is 741 g/mol. The molecule has 0 radical (unpaired) electrons. The van der Waals surface area contributed by atoms with Crippen molar-refractivity contribution in [2.24, 2.45) is 0 Å². The topological polar surface area (TPSA) is 9.23 Å². The zero-order valence-corrected chi connectivity index (χ0v) is 27.3. The lowest BCUT2D eigenvalue weighted by molar-refractivity contribution is -0.189. The molecule has 0 N–H and O–H groups in total. The van der Waals surface area contributed by atoms with Gasteiger partial charge in [0, 0.05) is 22.4 Å². The van der Waals surface area contributed by atoms with Gasteiger partial charge in [-0.05, 0) is 90.5 Å². The summed E-state index contributed by atoms with van der Waals surface area (Å²) in [4.78, 5) is 0. The van der Waals surface area contributed by atoms with E-state index in [0.717, 1.165) is 55.4 Å². The van der Waals surface area contributed by atoms with Crippen LogP contribution in [-0.4, -0.2) is 6.18 Å². The highest BCUT2D eigenvalue weighted by atomic mass is 19.4. The molecule has 5 aromatic carbocycles. The Kier molecular flexibility index (Phi) is 11.4. The van der Waals surface area contributed by atoms with Gasteiger partial charge in [-0.3, -0.25) is 0 Å². The van der Waals surface area contributed by atoms with E-state index in [-0.39, 0.29) is 16.7 Å². The number of alkyl halides is 5. The molecule has 0 aliphatic heterocycles. The van der Waals surface area contributed by atoms with Gasteiger partial charge in [0.1, 0.15) is 46.2 Å². The average Bonchev–Trinajstić information content (AvgIpc) is 3.06. The van der Waals surface area contributed by atoms with Crippen molar-refractivity contribution in [2.45, 2.75) is 44.9 Å². The van der Waals surface area contributed by atoms with Gasteiger partial charge in [-0.1, -0.05) is 55.4 Å². The molecule has 0 bridgehead atoms. The van der Waals surface area contributed by atoms with Gasteiger partial charge in [0.05, 0.1) is 16.7 Å². The van der Waals surface area contributed by atoms with E-state index >= 15 is 8.78 Å². The SMILES string of the molecule is CCCCCc1ccc(C#Cc2ccc(C#Cc3cc(F)c(C(F)(F)Oc4ccc5c(F)c(C#CC(F)(F)F)c(F)cc5c4)c(F)c3)c(F)c2)c(F)c1. The first-order chi connectivity index (χ1) is 25.0. The van der Waals surface area contributed by atoms with Crippen molar-refractivity contribution < 1.29 is 53.0 Å². The minimum atomic E-state index is -5.04. The molecule has 0 aromatic heterocycles. The Morgan fingerprint density at radius 2 is 1.21 bits per heavy atom. The van der Waals surface area contributed by atoms with Crippen LogP contribution in [0.25, 0.3) is 10.8 Å². The standard InChI is InChI=1S/C41H23F11O/c1-2-3-4-5-24-6-10-27(33(42)18-24)11-7-25-8-12-28(34(43)19-25)13-9-26-20-36(45)38(37(46)21-26)41(51,52)53-30-14-15-31-29(22-30)23-35(44)32(39(31)47)16-17-40(48,49)50/h6,8,10,12,14-15,18-23H,2-5H2,1H3. The third-order valence-corrected chi connectivity index (χ3v) is 7.66. The number of rotatable bonds is 7. The largest absolute Gasteiger partial charge is 0.458 e. The summed E-state index contributed by atoms with van der Waals surface area (Å²) >= 11 is 0. The molecule has 0 atom stereocenters. The second-order valence-electron chi connectivity index (χ2n) is 11.6. The smallest absolute Gasteiger partial charge is 0.429 e. The summed E-state index contributed by atoms with van der Waals surface area (Å²) in [6.07, 6.45) is -6.00. The lowest BCUT2D eigenvalue weighted by atomic mass is 10.0. The van der Waals surface area contributed by atoms with Gasteiger partial charge in [-0.15, -0.1) is 0 Å². The minimum absolute atomic E-state index is 0.121. The van der Waals surface area contributed by atoms with Gasteiger partial charge in [0.2, 0.25) is 0 Å². The second-order valence-corrected chi connectivity index (χ2v) is 11.6. The van der Waals surface area contributed by atoms with Crippen molar-refractivity contribution in [3.8, 4) is 41.3 Å². The first-order valence-corrected chi connectivity index (χ1v) is 15.7. The minimum Gasteiger partial charge on any atom is -0.429 e. The maximum Gasteiger partial charge on any atom is 0.458 e. The fraction of sp³-hybridized carbons (Fsp3) is 0.171. The quantitative estimate of drug-likeness (QED) is 0.0917. The van der Waals surface area contributed by atoms with E-state index in [4.69, 9.17) is 0 Å². The molecular weight excluding hydrogens is 717 g/mol. The molecular formula is C41H23F11O. The monoisotopic (exact) mass is 740 g/mol. The molecule has 0 saturated heterocycles. The van der Waals surface area contributed by atoms with Crippen molar-refractivity contribution in [1.29, 1.82) is 0 Å². The number of ether oxygens (including phenoxy) is 1. The lowest BCUT2D eigenvalue weighted by Crippen LogP contribution is -2.25. The van der Waals surface area contributed by atoms with E-state index in [1.54, 1.807) is 12.1 Å². The molecule has 5 rings (SSSR count). The first-order valence-electron chi connectivity index (χ1n) is 15.7. The predicted octanol–water partition coefficient (Wildman–Crippen LogP) is 11.2. The number of hydrogen-bond acceptors (Lipinski definition) is 1. The van der Waals surface area contributed by atoms with E-state index in [9.17, 15) is 39.5 Å². The van der Waals surface area contributed by atoms with Crippen molar-refractivity contribution >= 4 is 10.8 Å². The van der Waals surface area contributed by atoms with Crippen LogP contribution in [0.1, 0.15) is 65.1 Å². The first kappa shape index (κ1) is 38.3. The van der Waals surface area contributed by atoms with Crippen molar-refractivity contribution in [3.05, 3.63) is 147 Å². The van der Waals surface area contributed by atoms with Gasteiger partial charge >= 0.3 is 12.3 Å². The Labute approximate surface area is 296 Å². The Balaban J connectivity index is 1.32. The third-order valence-electron chi connectivity index (χ3n) is 7.66. The van der Waals surface area contributed by atoms with Crippen LogP contribution in [0.5, 0.6) is 5.75 Å². The molecule has 270 valence electrons. The molecule has 0 amide bonds. The highest BCUT2D eigenvalue weighted by molar-refractivity contribution is 5.86. The number of halogens is 11. The normalized spacial score (nSPS) is 11.2. The summed E-state index contributed by atoms with van der Waals surface area (Å²) in [5.74, 6) is 3.23. The number of benzene rings is 5. The van der Waals surface area contributed by atoms with Crippen molar-refractivity contribution in [3.63, 3.8) is 0 Å². The van der Waals surface area contributed by atoms with E-state index in [0.29, 0.717) is 24.3 Å². The number of fused-ring (bicyclic) bond motifs is 1. The zero-order valence-electron chi connectivity index (χ0n) is 27.3. The fourth-order valence-corrected chi connectivity index (χ4v) is 5.11. The number of aryl methyl sites for hydroxylation is 1. The van der Waals surface area contributed by atoms with Gasteiger partial charge < -0.3 is 4.74 Å². The fourth-order valence-electron chi connectivity index (χ4n) is 5.11. The third kappa shape index (κ3) is 9.50. The molecule has 0 aliphatic carbocycles. The Morgan fingerprint density at radius 1 is 0.585 bits per heavy atom. The van der Waals surface area contributed by atoms with Crippen LogP contribution in [0.3, 0.4) is 0 Å². The zero-order chi connectivity index (χ0) is 38.5. The van der Waals surface area contributed by atoms with Crippen molar-refractivity contribution in [1.82, 2.24) is 0 Å². The van der Waals surface area contributed by atoms with Crippen LogP contribution in [0.4, 0.5) is 48.3 Å². The van der Waals surface area contributed by atoms with Crippen LogP contribution in [-0.2, 0) is 12.5 Å². The maximum absolute atomic E-state index is 15.0. The summed E-state index contributed by atoms with van der Waals surface area (Å²) in [6, 6.07) is 12.0. The summed E-state index contributed by atoms with van der Waals surface area (Å²) in [5, 5.41) is -0.928. The van der Waals surface area contributed by atoms with Gasteiger partial charge in [-0.25, -0.2) is 26.3 Å². The van der Waals surface area contributed by atoms with E-state index in [2.05, 4.69) is 35.3 Å². The maximum atomic E-state index is 15.0. The summed E-state index contributed by atoms with van der Waals surface area (Å²) < 4.78 is 160. The highest BCUT2D eigenvalue weighted by Crippen LogP contribution is 2.37. The molecule has 0 spiro atoms. The van der Waals surface area contributed by atoms with Crippen LogP contribution < -0.4 is 4.74 Å². The van der Waals surface area contributed by atoms with E-state index in [1.165, 1.54) is 24.1 Å². The van der Waals surface area contributed by atoms with Crippen molar-refractivity contribution in [2.75, 3.05) is 0 Å². The summed E-state index contributed by atoms with van der Waals surface area (Å²) in [5.41, 5.74) is -2.57. The highest BCUT2D eigenvalue weighted by Gasteiger charge is 2.41. The van der Waals surface area contributed by atoms with Crippen LogP contribution >= 0.6 is 0 Å². The molecule has 1 nitrogen and oxygen atoms in total. The molecule has 12 heteroatoms. The molecule has 0 fully saturated rings. The summed E-state index contributed by atoms with van der Waals surface area (Å²) in [7, 11) is 0. The molecule has 53 heavy (non-hydrogen) atoms.